The first-order chi connectivity index (χ1) is 9.82. The lowest BCUT2D eigenvalue weighted by Crippen LogP contribution is -2.26. The van der Waals surface area contributed by atoms with Crippen LogP contribution in [0.5, 0.6) is 0 Å². The third-order valence-electron chi connectivity index (χ3n) is 3.21. The van der Waals surface area contributed by atoms with Crippen molar-refractivity contribution in [3.05, 3.63) is 85.1 Å². The molecule has 20 heavy (non-hydrogen) atoms. The van der Waals surface area contributed by atoms with Gasteiger partial charge in [0.1, 0.15) is 5.44 Å². The van der Waals surface area contributed by atoms with Crippen LogP contribution < -0.4 is 16.0 Å². The molecule has 0 atom stereocenters. The molecule has 3 rings (SSSR count). The molecule has 0 saturated heterocycles. The van der Waals surface area contributed by atoms with Gasteiger partial charge >= 0.3 is 0 Å². The van der Waals surface area contributed by atoms with Crippen LogP contribution in [0, 0.1) is 0 Å². The molecule has 3 aromatic rings. The fourth-order valence-electron chi connectivity index (χ4n) is 2.23. The Kier molecular flexibility index (Phi) is 3.49. The van der Waals surface area contributed by atoms with Crippen molar-refractivity contribution in [2.24, 2.45) is 0 Å². The van der Waals surface area contributed by atoms with Crippen LogP contribution in [0.3, 0.4) is 0 Å². The Bertz CT molecular complexity index is 623. The summed E-state index contributed by atoms with van der Waals surface area (Å²) in [6, 6.07) is 24.7. The van der Waals surface area contributed by atoms with Crippen LogP contribution in [0.1, 0.15) is 0 Å². The van der Waals surface area contributed by atoms with E-state index in [2.05, 4.69) is 4.98 Å². The first kappa shape index (κ1) is 12.8. The van der Waals surface area contributed by atoms with Gasteiger partial charge < -0.3 is 4.57 Å². The van der Waals surface area contributed by atoms with E-state index < -0.39 is 7.14 Å². The molecule has 0 spiro atoms. The highest BCUT2D eigenvalue weighted by molar-refractivity contribution is 7.85. The number of hydrogen-bond donors (Lipinski definition) is 0. The van der Waals surface area contributed by atoms with E-state index >= 15 is 0 Å². The summed E-state index contributed by atoms with van der Waals surface area (Å²) in [6.07, 6.45) is 1.69. The van der Waals surface area contributed by atoms with E-state index in [1.807, 2.05) is 78.9 Å². The molecule has 0 fully saturated rings. The van der Waals surface area contributed by atoms with Crippen LogP contribution in [-0.2, 0) is 4.57 Å². The SMILES string of the molecule is O=P(c1ccccc1)(c1ccccc1)c1ccccn1. The molecule has 0 bridgehead atoms. The minimum Gasteiger partial charge on any atom is -0.307 e. The van der Waals surface area contributed by atoms with Crippen molar-refractivity contribution in [1.29, 1.82) is 0 Å². The Morgan fingerprint density at radius 3 is 1.60 bits per heavy atom. The van der Waals surface area contributed by atoms with E-state index in [0.29, 0.717) is 5.44 Å². The summed E-state index contributed by atoms with van der Waals surface area (Å²) >= 11 is 0. The number of benzene rings is 2. The molecule has 0 radical (unpaired) electrons. The quantitative estimate of drug-likeness (QED) is 0.690. The van der Waals surface area contributed by atoms with Gasteiger partial charge in [-0.3, -0.25) is 4.98 Å². The lowest BCUT2D eigenvalue weighted by Gasteiger charge is -2.18. The predicted octanol–water partition coefficient (Wildman–Crippen LogP) is 2.72. The molecule has 0 unspecified atom stereocenters. The zero-order chi connectivity index (χ0) is 13.8. The van der Waals surface area contributed by atoms with E-state index in [1.54, 1.807) is 6.20 Å². The fourth-order valence-corrected chi connectivity index (χ4v) is 4.77. The van der Waals surface area contributed by atoms with Crippen molar-refractivity contribution in [2.45, 2.75) is 0 Å². The number of pyridine rings is 1. The number of nitrogens with zero attached hydrogens (tertiary/aromatic N) is 1. The van der Waals surface area contributed by atoms with E-state index in [-0.39, 0.29) is 0 Å². The molecule has 2 aromatic carbocycles. The Morgan fingerprint density at radius 2 is 1.15 bits per heavy atom. The minimum absolute atomic E-state index is 0.623. The van der Waals surface area contributed by atoms with E-state index in [9.17, 15) is 4.57 Å². The molecule has 1 aromatic heterocycles. The molecule has 0 amide bonds. The zero-order valence-corrected chi connectivity index (χ0v) is 11.8. The summed E-state index contributed by atoms with van der Waals surface area (Å²) in [5.41, 5.74) is 0.623. The van der Waals surface area contributed by atoms with Crippen molar-refractivity contribution in [1.82, 2.24) is 4.98 Å². The van der Waals surface area contributed by atoms with Gasteiger partial charge in [0, 0.05) is 16.8 Å². The molecular weight excluding hydrogens is 265 g/mol. The van der Waals surface area contributed by atoms with Gasteiger partial charge in [-0.15, -0.1) is 0 Å². The summed E-state index contributed by atoms with van der Waals surface area (Å²) in [4.78, 5) is 4.34. The topological polar surface area (TPSA) is 30.0 Å². The molecule has 0 aliphatic heterocycles. The van der Waals surface area contributed by atoms with Crippen LogP contribution in [0.25, 0.3) is 0 Å². The Balaban J connectivity index is 2.27. The van der Waals surface area contributed by atoms with Gasteiger partial charge in [-0.2, -0.15) is 0 Å². The van der Waals surface area contributed by atoms with E-state index in [1.165, 1.54) is 0 Å². The van der Waals surface area contributed by atoms with Gasteiger partial charge in [-0.05, 0) is 12.1 Å². The molecule has 0 N–H and O–H groups in total. The highest BCUT2D eigenvalue weighted by atomic mass is 31.2. The van der Waals surface area contributed by atoms with Crippen molar-refractivity contribution in [3.63, 3.8) is 0 Å². The molecule has 0 aliphatic carbocycles. The van der Waals surface area contributed by atoms with Gasteiger partial charge in [0.05, 0.1) is 0 Å². The standard InChI is InChI=1S/C17H14NOP/c19-20(15-9-3-1-4-10-15,16-11-5-2-6-12-16)17-13-7-8-14-18-17/h1-14H. The maximum absolute atomic E-state index is 13.8. The van der Waals surface area contributed by atoms with Crippen molar-refractivity contribution in [2.75, 3.05) is 0 Å². The normalized spacial score (nSPS) is 11.2. The third kappa shape index (κ3) is 2.19. The molecule has 1 heterocycles. The summed E-state index contributed by atoms with van der Waals surface area (Å²) < 4.78 is 13.8. The Hall–Kier alpha value is -2.18. The van der Waals surface area contributed by atoms with Crippen LogP contribution in [-0.4, -0.2) is 4.98 Å². The molecule has 2 nitrogen and oxygen atoms in total. The van der Waals surface area contributed by atoms with Crippen LogP contribution in [0.2, 0.25) is 0 Å². The lowest BCUT2D eigenvalue weighted by molar-refractivity contribution is 0.592. The first-order valence-corrected chi connectivity index (χ1v) is 8.15. The highest BCUT2D eigenvalue weighted by Crippen LogP contribution is 2.41. The summed E-state index contributed by atoms with van der Waals surface area (Å²) in [5.74, 6) is 0. The van der Waals surface area contributed by atoms with Gasteiger partial charge in [0.2, 0.25) is 0 Å². The summed E-state index contributed by atoms with van der Waals surface area (Å²) in [7, 11) is -2.89. The second-order valence-electron chi connectivity index (χ2n) is 4.47. The van der Waals surface area contributed by atoms with Crippen molar-refractivity contribution in [3.8, 4) is 0 Å². The van der Waals surface area contributed by atoms with E-state index in [0.717, 1.165) is 10.6 Å². The molecular formula is C17H14NOP. The van der Waals surface area contributed by atoms with Gasteiger partial charge in [0.25, 0.3) is 0 Å². The maximum Gasteiger partial charge on any atom is 0.188 e. The Morgan fingerprint density at radius 1 is 0.650 bits per heavy atom. The van der Waals surface area contributed by atoms with Crippen LogP contribution in [0.4, 0.5) is 0 Å². The second kappa shape index (κ2) is 5.44. The van der Waals surface area contributed by atoms with Crippen LogP contribution >= 0.6 is 7.14 Å². The van der Waals surface area contributed by atoms with E-state index in [4.69, 9.17) is 0 Å². The average molecular weight is 279 g/mol. The summed E-state index contributed by atoms with van der Waals surface area (Å²) in [6.45, 7) is 0. The minimum atomic E-state index is -2.89. The fraction of sp³-hybridized carbons (Fsp3) is 0. The molecule has 0 saturated carbocycles. The molecule has 0 aliphatic rings. The monoisotopic (exact) mass is 279 g/mol. The van der Waals surface area contributed by atoms with Gasteiger partial charge in [-0.25, -0.2) is 0 Å². The highest BCUT2D eigenvalue weighted by Gasteiger charge is 2.30. The van der Waals surface area contributed by atoms with Gasteiger partial charge in [0.15, 0.2) is 7.14 Å². The average Bonchev–Trinajstić information content (AvgIpc) is 2.56. The van der Waals surface area contributed by atoms with Crippen LogP contribution in [0.15, 0.2) is 85.1 Å². The third-order valence-corrected chi connectivity index (χ3v) is 6.17. The smallest absolute Gasteiger partial charge is 0.188 e. The zero-order valence-electron chi connectivity index (χ0n) is 10.9. The largest absolute Gasteiger partial charge is 0.307 e. The molecule has 3 heteroatoms. The predicted molar refractivity (Wildman–Crippen MR) is 83.6 cm³/mol. The number of aromatic nitrogens is 1. The van der Waals surface area contributed by atoms with Crippen molar-refractivity contribution < 1.29 is 4.57 Å². The van der Waals surface area contributed by atoms with Crippen molar-refractivity contribution >= 4 is 23.2 Å². The molecule has 98 valence electrons. The Labute approximate surface area is 118 Å². The summed E-state index contributed by atoms with van der Waals surface area (Å²) in [5, 5.41) is 1.62. The second-order valence-corrected chi connectivity index (χ2v) is 7.18. The first-order valence-electron chi connectivity index (χ1n) is 6.45. The number of rotatable bonds is 3. The number of hydrogen-bond acceptors (Lipinski definition) is 2. The van der Waals surface area contributed by atoms with Gasteiger partial charge in [-0.1, -0.05) is 66.7 Å². The maximum atomic E-state index is 13.8. The lowest BCUT2D eigenvalue weighted by atomic mass is 10.4.